The number of ketones is 1. The fourth-order valence-electron chi connectivity index (χ4n) is 8.41. The molecule has 6 N–H and O–H groups in total. The first-order valence-corrected chi connectivity index (χ1v) is 20.0. The van der Waals surface area contributed by atoms with Gasteiger partial charge in [0.1, 0.15) is 29.7 Å². The Morgan fingerprint density at radius 2 is 1.46 bits per heavy atom. The number of hydrogen-bond acceptors (Lipinski definition) is 15. The zero-order chi connectivity index (χ0) is 43.2. The number of carbonyl (C=O) groups is 3. The Labute approximate surface area is 333 Å². The van der Waals surface area contributed by atoms with Crippen molar-refractivity contribution in [1.82, 2.24) is 4.90 Å². The van der Waals surface area contributed by atoms with E-state index in [9.17, 15) is 39.9 Å². The van der Waals surface area contributed by atoms with Gasteiger partial charge in [0, 0.05) is 43.7 Å². The number of rotatable bonds is 8. The third-order valence-corrected chi connectivity index (χ3v) is 12.1. The largest absolute Gasteiger partial charge is 0.481 e. The summed E-state index contributed by atoms with van der Waals surface area (Å²) in [6.45, 7) is 17.9. The van der Waals surface area contributed by atoms with E-state index in [1.807, 2.05) is 25.9 Å². The summed E-state index contributed by atoms with van der Waals surface area (Å²) in [5, 5.41) is 65.3. The second-order valence-corrected chi connectivity index (χ2v) is 17.2. The number of likely N-dealkylation sites (N-methyl/N-ethyl adjacent to an activating group) is 1. The van der Waals surface area contributed by atoms with Gasteiger partial charge in [0.25, 0.3) is 0 Å². The highest BCUT2D eigenvalue weighted by Gasteiger charge is 2.53. The highest BCUT2D eigenvalue weighted by molar-refractivity contribution is 5.83. The summed E-state index contributed by atoms with van der Waals surface area (Å²) in [7, 11) is 5.18. The van der Waals surface area contributed by atoms with Crippen molar-refractivity contribution >= 4 is 17.7 Å². The van der Waals surface area contributed by atoms with E-state index in [0.29, 0.717) is 6.42 Å². The van der Waals surface area contributed by atoms with Gasteiger partial charge in [-0.1, -0.05) is 34.6 Å². The lowest BCUT2D eigenvalue weighted by Gasteiger charge is -2.49. The highest BCUT2D eigenvalue weighted by Crippen LogP contribution is 2.40. The Morgan fingerprint density at radius 3 is 1.96 bits per heavy atom. The molecule has 0 aromatic rings. The number of esters is 1. The van der Waals surface area contributed by atoms with Crippen molar-refractivity contribution in [3.63, 3.8) is 0 Å². The number of nitrogens with zero attached hydrogens (tertiary/aromatic N) is 1. The number of aliphatic hydroxyl groups is 5. The Morgan fingerprint density at radius 1 is 0.893 bits per heavy atom. The molecular weight excluding hydrogens is 734 g/mol. The molecule has 0 aliphatic carbocycles. The van der Waals surface area contributed by atoms with E-state index in [1.54, 1.807) is 48.5 Å². The fraction of sp³-hybridized carbons (Fsp3) is 0.925. The highest BCUT2D eigenvalue weighted by atomic mass is 16.7. The monoisotopic (exact) mass is 807 g/mol. The SMILES string of the molecule is CCC(=O)O.CC[C@H]1OC(=O)[C@H](C)[C@@H](O[C@H]2C[C@@](C)(OC)[C@@H](O)[C@H](C)O2)[C@H](C)[C@@H](O[C@@H]2O[C@H](C)C[C@H](N(C)C)[C@H]2O)[C@](C)(O)C[C@@H](C)C(=O)[C@H](C)[C@@H](O)[C@]1(C)O. The number of aliphatic hydroxyl groups excluding tert-OH is 3. The molecular formula is C40H73NO15. The number of carbonyl (C=O) groups excluding carboxylic acids is 2. The van der Waals surface area contributed by atoms with Crippen LogP contribution in [0.4, 0.5) is 0 Å². The van der Waals surface area contributed by atoms with Gasteiger partial charge >= 0.3 is 11.9 Å². The molecule has 3 aliphatic heterocycles. The van der Waals surface area contributed by atoms with Crippen LogP contribution < -0.4 is 0 Å². The van der Waals surface area contributed by atoms with E-state index in [4.69, 9.17) is 33.5 Å². The maximum absolute atomic E-state index is 14.1. The first-order valence-electron chi connectivity index (χ1n) is 20.0. The summed E-state index contributed by atoms with van der Waals surface area (Å²) in [5.41, 5.74) is -4.84. The molecule has 0 radical (unpaired) electrons. The maximum atomic E-state index is 14.1. The molecule has 16 nitrogen and oxygen atoms in total. The summed E-state index contributed by atoms with van der Waals surface area (Å²) in [6.07, 6.45) is -9.49. The normalized spacial score (nSPS) is 46.0. The Bertz CT molecular complexity index is 1280. The Balaban J connectivity index is 0.00000203. The van der Waals surface area contributed by atoms with E-state index >= 15 is 0 Å². The lowest BCUT2D eigenvalue weighted by atomic mass is 9.74. The van der Waals surface area contributed by atoms with Gasteiger partial charge in [-0.05, 0) is 74.9 Å². The van der Waals surface area contributed by atoms with Gasteiger partial charge in [-0.15, -0.1) is 0 Å². The third kappa shape index (κ3) is 11.9. The van der Waals surface area contributed by atoms with Gasteiger partial charge in [0.05, 0.1) is 47.6 Å². The number of carboxylic acids is 1. The first kappa shape index (κ1) is 50.3. The third-order valence-electron chi connectivity index (χ3n) is 12.1. The van der Waals surface area contributed by atoms with Gasteiger partial charge in [-0.2, -0.15) is 0 Å². The predicted molar refractivity (Wildman–Crippen MR) is 204 cm³/mol. The number of aliphatic carboxylic acids is 1. The number of carboxylic acid groups (broad SMARTS) is 1. The quantitative estimate of drug-likeness (QED) is 0.193. The lowest BCUT2D eigenvalue weighted by Crippen LogP contribution is -2.61. The number of hydrogen-bond donors (Lipinski definition) is 6. The molecule has 16 heteroatoms. The number of ether oxygens (including phenoxy) is 6. The summed E-state index contributed by atoms with van der Waals surface area (Å²) < 4.78 is 37.1. The molecule has 3 fully saturated rings. The van der Waals surface area contributed by atoms with E-state index in [2.05, 4.69) is 0 Å². The number of methoxy groups -OCH3 is 1. The molecule has 0 bridgehead atoms. The van der Waals surface area contributed by atoms with Crippen LogP contribution >= 0.6 is 0 Å². The second-order valence-electron chi connectivity index (χ2n) is 17.2. The standard InChI is InChI=1S/C37H67NO13.C3H6O2/c1-14-25-37(10,45)30(41)20(4)27(39)18(2)16-35(8,44)32(51-34-28(40)24(38(11)12)15-19(3)47-34)21(5)29(22(6)33(43)49-25)50-26-17-36(9,46-13)31(42)23(7)48-26;1-2-3(4)5/h18-26,28-32,34,40-42,44-45H,14-17H2,1-13H3;2H2,1H3,(H,4,5)/t18-,19-,20+,21+,22-,23+,24+,25-,26+,28-,29+,30-,31+,32-,34+,35-,36-,37-;/m1./s1. The molecule has 0 unspecified atom stereocenters. The molecule has 18 atom stereocenters. The molecule has 3 aliphatic rings. The summed E-state index contributed by atoms with van der Waals surface area (Å²) in [5.74, 6) is -5.72. The average molecular weight is 808 g/mol. The predicted octanol–water partition coefficient (Wildman–Crippen LogP) is 2.27. The van der Waals surface area contributed by atoms with Crippen molar-refractivity contribution in [2.75, 3.05) is 21.2 Å². The molecule has 0 amide bonds. The molecule has 0 aromatic heterocycles. The Kier molecular flexibility index (Phi) is 18.4. The topological polar surface area (TPSA) is 231 Å². The van der Waals surface area contributed by atoms with E-state index in [0.717, 1.165) is 0 Å². The van der Waals surface area contributed by atoms with Gasteiger partial charge < -0.3 is 64.0 Å². The zero-order valence-corrected chi connectivity index (χ0v) is 36.0. The van der Waals surface area contributed by atoms with E-state index in [-0.39, 0.29) is 37.8 Å². The van der Waals surface area contributed by atoms with Crippen LogP contribution in [-0.2, 0) is 42.8 Å². The average Bonchev–Trinajstić information content (AvgIpc) is 3.12. The molecule has 3 heterocycles. The molecule has 3 saturated heterocycles. The van der Waals surface area contributed by atoms with Crippen LogP contribution in [0.1, 0.15) is 108 Å². The van der Waals surface area contributed by atoms with Crippen LogP contribution in [0.5, 0.6) is 0 Å². The van der Waals surface area contributed by atoms with Gasteiger partial charge in [0.15, 0.2) is 12.6 Å². The smallest absolute Gasteiger partial charge is 0.311 e. The fourth-order valence-corrected chi connectivity index (χ4v) is 8.41. The van der Waals surface area contributed by atoms with Crippen LogP contribution in [0.15, 0.2) is 0 Å². The van der Waals surface area contributed by atoms with Crippen LogP contribution in [0.25, 0.3) is 0 Å². The minimum atomic E-state index is -1.99. The zero-order valence-electron chi connectivity index (χ0n) is 36.0. The second kappa shape index (κ2) is 20.4. The molecule has 56 heavy (non-hydrogen) atoms. The summed E-state index contributed by atoms with van der Waals surface area (Å²) in [6, 6.07) is -0.324. The first-order chi connectivity index (χ1) is 25.7. The van der Waals surface area contributed by atoms with Crippen molar-refractivity contribution in [3.8, 4) is 0 Å². The molecule has 3 rings (SSSR count). The van der Waals surface area contributed by atoms with E-state index < -0.39 is 114 Å². The summed E-state index contributed by atoms with van der Waals surface area (Å²) in [4.78, 5) is 39.1. The molecule has 0 aromatic carbocycles. The lowest BCUT2D eigenvalue weighted by molar-refractivity contribution is -0.318. The van der Waals surface area contributed by atoms with Crippen molar-refractivity contribution in [1.29, 1.82) is 0 Å². The van der Waals surface area contributed by atoms with Crippen LogP contribution in [0, 0.1) is 23.7 Å². The molecule has 0 saturated carbocycles. The van der Waals surface area contributed by atoms with E-state index in [1.165, 1.54) is 27.9 Å². The van der Waals surface area contributed by atoms with Crippen molar-refractivity contribution in [2.24, 2.45) is 23.7 Å². The maximum Gasteiger partial charge on any atom is 0.311 e. The van der Waals surface area contributed by atoms with Crippen LogP contribution in [0.3, 0.4) is 0 Å². The van der Waals surface area contributed by atoms with Crippen molar-refractivity contribution in [3.05, 3.63) is 0 Å². The minimum absolute atomic E-state index is 0.0936. The van der Waals surface area contributed by atoms with Gasteiger partial charge in [0.2, 0.25) is 0 Å². The Hall–Kier alpha value is -1.83. The summed E-state index contributed by atoms with van der Waals surface area (Å²) >= 11 is 0. The van der Waals surface area contributed by atoms with Crippen molar-refractivity contribution in [2.45, 2.75) is 193 Å². The molecule has 0 spiro atoms. The van der Waals surface area contributed by atoms with Crippen LogP contribution in [-0.4, -0.2) is 159 Å². The minimum Gasteiger partial charge on any atom is -0.481 e. The van der Waals surface area contributed by atoms with Gasteiger partial charge in [-0.3, -0.25) is 14.4 Å². The molecule has 328 valence electrons. The van der Waals surface area contributed by atoms with Crippen molar-refractivity contribution < 1.29 is 73.4 Å². The van der Waals surface area contributed by atoms with Crippen LogP contribution in [0.2, 0.25) is 0 Å². The number of Topliss-reactive ketones (excluding diaryl/α,β-unsaturated/α-hetero) is 1. The number of cyclic esters (lactones) is 1. The van der Waals surface area contributed by atoms with Gasteiger partial charge in [-0.25, -0.2) is 0 Å².